The fourth-order valence-corrected chi connectivity index (χ4v) is 3.12. The maximum absolute atomic E-state index is 4.53. The van der Waals surface area contributed by atoms with Crippen LogP contribution in [0.15, 0.2) is 11.6 Å². The number of thiol groups is 1. The van der Waals surface area contributed by atoms with Gasteiger partial charge >= 0.3 is 0 Å². The van der Waals surface area contributed by atoms with Gasteiger partial charge in [-0.1, -0.05) is 25.5 Å². The highest BCUT2D eigenvalue weighted by Crippen LogP contribution is 2.54. The van der Waals surface area contributed by atoms with Crippen LogP contribution in [0.1, 0.15) is 46.5 Å². The zero-order chi connectivity index (χ0) is 11.0. The summed E-state index contributed by atoms with van der Waals surface area (Å²) in [5.41, 5.74) is 1.67. The minimum atomic E-state index is 0.556. The van der Waals surface area contributed by atoms with Gasteiger partial charge < -0.3 is 0 Å². The Bertz CT molecular complexity index is 254. The molecule has 2 rings (SSSR count). The minimum absolute atomic E-state index is 0.556. The van der Waals surface area contributed by atoms with Gasteiger partial charge in [-0.05, 0) is 56.3 Å². The zero-order valence-corrected chi connectivity index (χ0v) is 11.1. The standard InChI is InChI=1S/C14H24S/c1-9(11(3)15)4-6-12-7-5-10(2)13-8-14(12)13/h5,9,11-15H,4,6-8H2,1-3H3. The van der Waals surface area contributed by atoms with Crippen LogP contribution in [0.3, 0.4) is 0 Å². The van der Waals surface area contributed by atoms with Gasteiger partial charge in [0.1, 0.15) is 0 Å². The van der Waals surface area contributed by atoms with Gasteiger partial charge in [0.05, 0.1) is 0 Å². The first-order valence-corrected chi connectivity index (χ1v) is 6.96. The molecule has 2 aliphatic rings. The first kappa shape index (κ1) is 11.6. The highest BCUT2D eigenvalue weighted by Gasteiger charge is 2.45. The lowest BCUT2D eigenvalue weighted by Gasteiger charge is -2.22. The van der Waals surface area contributed by atoms with E-state index in [1.807, 2.05) is 0 Å². The Morgan fingerprint density at radius 3 is 2.87 bits per heavy atom. The van der Waals surface area contributed by atoms with E-state index in [2.05, 4.69) is 39.5 Å². The van der Waals surface area contributed by atoms with Crippen molar-refractivity contribution in [2.24, 2.45) is 23.7 Å². The van der Waals surface area contributed by atoms with Gasteiger partial charge in [-0.2, -0.15) is 12.6 Å². The molecule has 0 aromatic rings. The third-order valence-electron chi connectivity index (χ3n) is 4.59. The zero-order valence-electron chi connectivity index (χ0n) is 10.2. The molecule has 0 amide bonds. The molecule has 15 heavy (non-hydrogen) atoms. The maximum Gasteiger partial charge on any atom is 0.00141 e. The van der Waals surface area contributed by atoms with Crippen LogP contribution in [-0.2, 0) is 0 Å². The van der Waals surface area contributed by atoms with Gasteiger partial charge in [0.25, 0.3) is 0 Å². The van der Waals surface area contributed by atoms with Gasteiger partial charge in [0, 0.05) is 5.25 Å². The van der Waals surface area contributed by atoms with Crippen LogP contribution < -0.4 is 0 Å². The first-order chi connectivity index (χ1) is 7.09. The maximum atomic E-state index is 4.53. The van der Waals surface area contributed by atoms with Crippen LogP contribution >= 0.6 is 12.6 Å². The van der Waals surface area contributed by atoms with Crippen LogP contribution in [0.25, 0.3) is 0 Å². The Morgan fingerprint density at radius 2 is 2.20 bits per heavy atom. The fourth-order valence-electron chi connectivity index (χ4n) is 2.97. The van der Waals surface area contributed by atoms with Crippen molar-refractivity contribution in [3.8, 4) is 0 Å². The summed E-state index contributed by atoms with van der Waals surface area (Å²) in [6.45, 7) is 6.88. The van der Waals surface area contributed by atoms with E-state index in [4.69, 9.17) is 0 Å². The summed E-state index contributed by atoms with van der Waals surface area (Å²) >= 11 is 4.53. The van der Waals surface area contributed by atoms with Gasteiger partial charge in [-0.3, -0.25) is 0 Å². The number of hydrogen-bond acceptors (Lipinski definition) is 1. The van der Waals surface area contributed by atoms with E-state index < -0.39 is 0 Å². The second-order valence-corrected chi connectivity index (χ2v) is 6.56. The molecule has 0 aromatic carbocycles. The molecule has 0 nitrogen and oxygen atoms in total. The second kappa shape index (κ2) is 4.53. The number of hydrogen-bond donors (Lipinski definition) is 1. The summed E-state index contributed by atoms with van der Waals surface area (Å²) in [6.07, 6.45) is 8.12. The lowest BCUT2D eigenvalue weighted by atomic mass is 9.84. The quantitative estimate of drug-likeness (QED) is 0.533. The van der Waals surface area contributed by atoms with Gasteiger partial charge in [-0.15, -0.1) is 0 Å². The van der Waals surface area contributed by atoms with Crippen LogP contribution in [-0.4, -0.2) is 5.25 Å². The summed E-state index contributed by atoms with van der Waals surface area (Å²) in [7, 11) is 0. The van der Waals surface area contributed by atoms with Crippen LogP contribution in [0.5, 0.6) is 0 Å². The van der Waals surface area contributed by atoms with E-state index in [1.165, 1.54) is 25.7 Å². The molecule has 0 radical (unpaired) electrons. The lowest BCUT2D eigenvalue weighted by Crippen LogP contribution is -2.13. The Balaban J connectivity index is 1.78. The summed E-state index contributed by atoms with van der Waals surface area (Å²) in [5.74, 6) is 3.80. The summed E-state index contributed by atoms with van der Waals surface area (Å²) in [5, 5.41) is 0.556. The molecule has 5 atom stereocenters. The van der Waals surface area contributed by atoms with E-state index >= 15 is 0 Å². The molecule has 0 N–H and O–H groups in total. The normalized spacial score (nSPS) is 37.9. The molecule has 2 aliphatic carbocycles. The number of fused-ring (bicyclic) bond motifs is 1. The average molecular weight is 224 g/mol. The molecule has 1 heteroatoms. The van der Waals surface area contributed by atoms with Crippen molar-refractivity contribution in [2.75, 3.05) is 0 Å². The number of rotatable bonds is 4. The van der Waals surface area contributed by atoms with Crippen molar-refractivity contribution < 1.29 is 0 Å². The molecular formula is C14H24S. The second-order valence-electron chi connectivity index (χ2n) is 5.75. The Morgan fingerprint density at radius 1 is 1.47 bits per heavy atom. The molecule has 0 aliphatic heterocycles. The largest absolute Gasteiger partial charge is 0.176 e. The van der Waals surface area contributed by atoms with E-state index in [9.17, 15) is 0 Å². The van der Waals surface area contributed by atoms with Crippen LogP contribution in [0.4, 0.5) is 0 Å². The molecule has 5 unspecified atom stereocenters. The SMILES string of the molecule is CC1=CCC(CCC(C)C(C)S)C2CC12. The Hall–Kier alpha value is 0.0900. The predicted octanol–water partition coefficient (Wildman–Crippen LogP) is 4.32. The molecule has 0 bridgehead atoms. The third-order valence-corrected chi connectivity index (χ3v) is 5.10. The highest BCUT2D eigenvalue weighted by molar-refractivity contribution is 7.80. The van der Waals surface area contributed by atoms with Crippen LogP contribution in [0.2, 0.25) is 0 Å². The molecule has 0 saturated heterocycles. The van der Waals surface area contributed by atoms with Crippen molar-refractivity contribution in [1.29, 1.82) is 0 Å². The molecule has 0 heterocycles. The van der Waals surface area contributed by atoms with Crippen molar-refractivity contribution in [2.45, 2.75) is 51.7 Å². The Labute approximate surface area is 99.9 Å². The molecule has 1 saturated carbocycles. The van der Waals surface area contributed by atoms with Crippen molar-refractivity contribution in [3.05, 3.63) is 11.6 Å². The smallest absolute Gasteiger partial charge is 0.00141 e. The van der Waals surface area contributed by atoms with Crippen molar-refractivity contribution in [1.82, 2.24) is 0 Å². The monoisotopic (exact) mass is 224 g/mol. The van der Waals surface area contributed by atoms with Gasteiger partial charge in [0.15, 0.2) is 0 Å². The summed E-state index contributed by atoms with van der Waals surface area (Å²) < 4.78 is 0. The number of allylic oxidation sites excluding steroid dienone is 2. The van der Waals surface area contributed by atoms with Crippen LogP contribution in [0, 0.1) is 23.7 Å². The predicted molar refractivity (Wildman–Crippen MR) is 70.3 cm³/mol. The minimum Gasteiger partial charge on any atom is -0.176 e. The van der Waals surface area contributed by atoms with Gasteiger partial charge in [0.2, 0.25) is 0 Å². The van der Waals surface area contributed by atoms with E-state index in [1.54, 1.807) is 5.57 Å². The van der Waals surface area contributed by atoms with E-state index in [0.29, 0.717) is 5.25 Å². The van der Waals surface area contributed by atoms with E-state index in [0.717, 1.165) is 23.7 Å². The summed E-state index contributed by atoms with van der Waals surface area (Å²) in [4.78, 5) is 0. The molecule has 0 aromatic heterocycles. The first-order valence-electron chi connectivity index (χ1n) is 6.44. The summed E-state index contributed by atoms with van der Waals surface area (Å²) in [6, 6.07) is 0. The fraction of sp³-hybridized carbons (Fsp3) is 0.857. The van der Waals surface area contributed by atoms with E-state index in [-0.39, 0.29) is 0 Å². The highest BCUT2D eigenvalue weighted by atomic mass is 32.1. The molecule has 1 fully saturated rings. The van der Waals surface area contributed by atoms with Gasteiger partial charge in [-0.25, -0.2) is 0 Å². The lowest BCUT2D eigenvalue weighted by molar-refractivity contribution is 0.357. The third kappa shape index (κ3) is 2.61. The molecule has 0 spiro atoms. The Kier molecular flexibility index (Phi) is 3.49. The average Bonchev–Trinajstić information content (AvgIpc) is 2.96. The topological polar surface area (TPSA) is 0 Å². The van der Waals surface area contributed by atoms with Crippen molar-refractivity contribution in [3.63, 3.8) is 0 Å². The molecule has 86 valence electrons. The van der Waals surface area contributed by atoms with Crippen molar-refractivity contribution >= 4 is 12.6 Å². The molecular weight excluding hydrogens is 200 g/mol.